The summed E-state index contributed by atoms with van der Waals surface area (Å²) in [6.45, 7) is 6.79. The van der Waals surface area contributed by atoms with E-state index >= 15 is 0 Å². The summed E-state index contributed by atoms with van der Waals surface area (Å²) < 4.78 is 0. The fourth-order valence-corrected chi connectivity index (χ4v) is 4.10. The van der Waals surface area contributed by atoms with Crippen molar-refractivity contribution >= 4 is 23.5 Å². The SMILES string of the molecule is CC(C)Sc1cccc(CC(C)Sc2ccccc2)c1. The van der Waals surface area contributed by atoms with Crippen LogP contribution in [0.4, 0.5) is 0 Å². The van der Waals surface area contributed by atoms with Crippen LogP contribution in [0.3, 0.4) is 0 Å². The zero-order valence-electron chi connectivity index (χ0n) is 12.4. The highest BCUT2D eigenvalue weighted by Gasteiger charge is 2.07. The van der Waals surface area contributed by atoms with Crippen LogP contribution >= 0.6 is 23.5 Å². The lowest BCUT2D eigenvalue weighted by Gasteiger charge is -2.12. The summed E-state index contributed by atoms with van der Waals surface area (Å²) in [7, 11) is 0. The van der Waals surface area contributed by atoms with Gasteiger partial charge >= 0.3 is 0 Å². The van der Waals surface area contributed by atoms with Crippen molar-refractivity contribution < 1.29 is 0 Å². The summed E-state index contributed by atoms with van der Waals surface area (Å²) in [4.78, 5) is 2.74. The van der Waals surface area contributed by atoms with Crippen LogP contribution in [0.5, 0.6) is 0 Å². The fraction of sp³-hybridized carbons (Fsp3) is 0.333. The highest BCUT2D eigenvalue weighted by Crippen LogP contribution is 2.28. The minimum Gasteiger partial charge on any atom is -0.123 e. The monoisotopic (exact) mass is 302 g/mol. The van der Waals surface area contributed by atoms with E-state index in [1.165, 1.54) is 15.4 Å². The summed E-state index contributed by atoms with van der Waals surface area (Å²) in [5.41, 5.74) is 1.44. The lowest BCUT2D eigenvalue weighted by molar-refractivity contribution is 0.937. The summed E-state index contributed by atoms with van der Waals surface area (Å²) in [5, 5.41) is 1.23. The van der Waals surface area contributed by atoms with E-state index in [-0.39, 0.29) is 0 Å². The van der Waals surface area contributed by atoms with E-state index in [4.69, 9.17) is 0 Å². The Morgan fingerprint density at radius 2 is 1.50 bits per heavy atom. The molecule has 0 aliphatic carbocycles. The van der Waals surface area contributed by atoms with Gasteiger partial charge in [0.1, 0.15) is 0 Å². The van der Waals surface area contributed by atoms with Gasteiger partial charge < -0.3 is 0 Å². The fourth-order valence-electron chi connectivity index (χ4n) is 2.12. The molecule has 106 valence electrons. The normalized spacial score (nSPS) is 12.6. The first-order valence-corrected chi connectivity index (χ1v) is 8.86. The standard InChI is InChI=1S/C18H22S2/c1-14(2)19-18-11-7-8-16(13-18)12-15(3)20-17-9-5-4-6-10-17/h4-11,13-15H,12H2,1-3H3. The van der Waals surface area contributed by atoms with E-state index in [0.29, 0.717) is 10.5 Å². The zero-order valence-corrected chi connectivity index (χ0v) is 14.0. The van der Waals surface area contributed by atoms with Crippen molar-refractivity contribution in [3.63, 3.8) is 0 Å². The van der Waals surface area contributed by atoms with Gasteiger partial charge in [-0.1, -0.05) is 51.1 Å². The number of hydrogen-bond acceptors (Lipinski definition) is 2. The molecular weight excluding hydrogens is 280 g/mol. The second-order valence-electron chi connectivity index (χ2n) is 5.26. The molecule has 0 saturated carbocycles. The number of thioether (sulfide) groups is 2. The van der Waals surface area contributed by atoms with E-state index in [1.54, 1.807) is 0 Å². The van der Waals surface area contributed by atoms with Crippen molar-refractivity contribution in [3.05, 3.63) is 60.2 Å². The molecule has 2 rings (SSSR count). The molecule has 0 nitrogen and oxygen atoms in total. The van der Waals surface area contributed by atoms with E-state index in [2.05, 4.69) is 75.4 Å². The van der Waals surface area contributed by atoms with Gasteiger partial charge in [0.15, 0.2) is 0 Å². The first kappa shape index (κ1) is 15.5. The highest BCUT2D eigenvalue weighted by atomic mass is 32.2. The molecular formula is C18H22S2. The Hall–Kier alpha value is -0.860. The third kappa shape index (κ3) is 5.26. The minimum atomic E-state index is 0.594. The van der Waals surface area contributed by atoms with Crippen LogP contribution in [-0.4, -0.2) is 10.5 Å². The molecule has 0 amide bonds. The van der Waals surface area contributed by atoms with Gasteiger partial charge in [-0.3, -0.25) is 0 Å². The van der Waals surface area contributed by atoms with E-state index in [0.717, 1.165) is 6.42 Å². The molecule has 0 saturated heterocycles. The Bertz CT molecular complexity index is 520. The molecule has 0 bridgehead atoms. The molecule has 0 N–H and O–H groups in total. The number of rotatable bonds is 6. The molecule has 0 radical (unpaired) electrons. The second kappa shape index (κ2) is 7.80. The van der Waals surface area contributed by atoms with Crippen molar-refractivity contribution in [2.24, 2.45) is 0 Å². The molecule has 2 aromatic rings. The average molecular weight is 303 g/mol. The maximum absolute atomic E-state index is 2.34. The van der Waals surface area contributed by atoms with Crippen LogP contribution in [0.15, 0.2) is 64.4 Å². The Labute approximate surface area is 131 Å². The Balaban J connectivity index is 1.95. The average Bonchev–Trinajstić information content (AvgIpc) is 2.39. The van der Waals surface area contributed by atoms with Crippen LogP contribution < -0.4 is 0 Å². The van der Waals surface area contributed by atoms with Gasteiger partial charge in [0.05, 0.1) is 0 Å². The maximum atomic E-state index is 2.34. The summed E-state index contributed by atoms with van der Waals surface area (Å²) in [5.74, 6) is 0. The summed E-state index contributed by atoms with van der Waals surface area (Å²) >= 11 is 3.89. The van der Waals surface area contributed by atoms with Gasteiger partial charge in [0.25, 0.3) is 0 Å². The molecule has 20 heavy (non-hydrogen) atoms. The Morgan fingerprint density at radius 1 is 0.800 bits per heavy atom. The van der Waals surface area contributed by atoms with Gasteiger partial charge in [-0.2, -0.15) is 0 Å². The maximum Gasteiger partial charge on any atom is 0.0106 e. The molecule has 0 aliphatic rings. The highest BCUT2D eigenvalue weighted by molar-refractivity contribution is 8.00. The predicted octanol–water partition coefficient (Wildman–Crippen LogP) is 5.91. The second-order valence-corrected chi connectivity index (χ2v) is 8.42. The van der Waals surface area contributed by atoms with Crippen LogP contribution in [0, 0.1) is 0 Å². The predicted molar refractivity (Wildman–Crippen MR) is 92.9 cm³/mol. The van der Waals surface area contributed by atoms with Crippen molar-refractivity contribution in [1.29, 1.82) is 0 Å². The third-order valence-electron chi connectivity index (χ3n) is 2.87. The quantitative estimate of drug-likeness (QED) is 0.608. The van der Waals surface area contributed by atoms with Crippen molar-refractivity contribution in [3.8, 4) is 0 Å². The molecule has 2 aromatic carbocycles. The largest absolute Gasteiger partial charge is 0.123 e. The molecule has 0 aliphatic heterocycles. The lowest BCUT2D eigenvalue weighted by atomic mass is 10.1. The molecule has 0 spiro atoms. The lowest BCUT2D eigenvalue weighted by Crippen LogP contribution is -2.01. The first-order valence-electron chi connectivity index (χ1n) is 7.11. The smallest absolute Gasteiger partial charge is 0.0106 e. The molecule has 0 heterocycles. The van der Waals surface area contributed by atoms with Crippen LogP contribution in [0.2, 0.25) is 0 Å². The topological polar surface area (TPSA) is 0 Å². The van der Waals surface area contributed by atoms with Gasteiger partial charge in [-0.25, -0.2) is 0 Å². The van der Waals surface area contributed by atoms with E-state index < -0.39 is 0 Å². The van der Waals surface area contributed by atoms with Crippen LogP contribution in [0.25, 0.3) is 0 Å². The number of benzene rings is 2. The van der Waals surface area contributed by atoms with Gasteiger partial charge in [0, 0.05) is 20.3 Å². The third-order valence-corrected chi connectivity index (χ3v) is 4.98. The van der Waals surface area contributed by atoms with Crippen molar-refractivity contribution in [2.75, 3.05) is 0 Å². The molecule has 2 heteroatoms. The van der Waals surface area contributed by atoms with E-state index in [1.807, 2.05) is 23.5 Å². The van der Waals surface area contributed by atoms with Crippen molar-refractivity contribution in [2.45, 2.75) is 47.5 Å². The van der Waals surface area contributed by atoms with Gasteiger partial charge in [-0.05, 0) is 36.2 Å². The van der Waals surface area contributed by atoms with Crippen LogP contribution in [-0.2, 0) is 6.42 Å². The van der Waals surface area contributed by atoms with E-state index in [9.17, 15) is 0 Å². The Morgan fingerprint density at radius 3 is 2.20 bits per heavy atom. The number of hydrogen-bond donors (Lipinski definition) is 0. The molecule has 0 fully saturated rings. The van der Waals surface area contributed by atoms with Gasteiger partial charge in [0.2, 0.25) is 0 Å². The zero-order chi connectivity index (χ0) is 14.4. The molecule has 0 aromatic heterocycles. The van der Waals surface area contributed by atoms with Crippen LogP contribution in [0.1, 0.15) is 26.3 Å². The Kier molecular flexibility index (Phi) is 6.06. The summed E-state index contributed by atoms with van der Waals surface area (Å²) in [6.07, 6.45) is 1.12. The van der Waals surface area contributed by atoms with Crippen molar-refractivity contribution in [1.82, 2.24) is 0 Å². The molecule has 1 unspecified atom stereocenters. The minimum absolute atomic E-state index is 0.594. The summed E-state index contributed by atoms with van der Waals surface area (Å²) in [6, 6.07) is 19.6. The first-order chi connectivity index (χ1) is 9.63. The molecule has 1 atom stereocenters. The van der Waals surface area contributed by atoms with Gasteiger partial charge in [-0.15, -0.1) is 23.5 Å².